The van der Waals surface area contributed by atoms with Gasteiger partial charge in [0.25, 0.3) is 0 Å². The Hall–Kier alpha value is -2.43. The number of rotatable bonds is 3. The lowest BCUT2D eigenvalue weighted by Crippen LogP contribution is -2.05. The molecule has 21 heavy (non-hydrogen) atoms. The zero-order valence-corrected chi connectivity index (χ0v) is 11.7. The maximum absolute atomic E-state index is 13.7. The van der Waals surface area contributed by atoms with Gasteiger partial charge in [0, 0.05) is 11.6 Å². The predicted molar refractivity (Wildman–Crippen MR) is 77.2 cm³/mol. The molecule has 3 nitrogen and oxygen atoms in total. The van der Waals surface area contributed by atoms with E-state index in [-0.39, 0.29) is 11.6 Å². The quantitative estimate of drug-likeness (QED) is 0.780. The summed E-state index contributed by atoms with van der Waals surface area (Å²) in [7, 11) is 0. The van der Waals surface area contributed by atoms with Gasteiger partial charge < -0.3 is 9.72 Å². The van der Waals surface area contributed by atoms with Gasteiger partial charge in [-0.1, -0.05) is 12.1 Å². The van der Waals surface area contributed by atoms with Gasteiger partial charge in [0.2, 0.25) is 0 Å². The van der Waals surface area contributed by atoms with Crippen molar-refractivity contribution >= 4 is 11.0 Å². The van der Waals surface area contributed by atoms with Crippen LogP contribution in [-0.4, -0.2) is 16.1 Å². The summed E-state index contributed by atoms with van der Waals surface area (Å²) >= 11 is 0. The molecule has 0 aliphatic heterocycles. The summed E-state index contributed by atoms with van der Waals surface area (Å²) in [5.74, 6) is -0.132. The highest BCUT2D eigenvalue weighted by molar-refractivity contribution is 5.80. The number of aromatic nitrogens is 2. The molecule has 0 aliphatic rings. The van der Waals surface area contributed by atoms with E-state index in [2.05, 4.69) is 9.97 Å². The summed E-state index contributed by atoms with van der Waals surface area (Å²) in [5, 5.41) is 0. The van der Waals surface area contributed by atoms with Crippen LogP contribution in [-0.2, 0) is 0 Å². The van der Waals surface area contributed by atoms with Crippen LogP contribution in [0.1, 0.15) is 13.8 Å². The van der Waals surface area contributed by atoms with Gasteiger partial charge in [0.1, 0.15) is 22.9 Å². The summed E-state index contributed by atoms with van der Waals surface area (Å²) in [6.45, 7) is 3.87. The molecule has 2 aromatic carbocycles. The predicted octanol–water partition coefficient (Wildman–Crippen LogP) is 4.30. The molecule has 3 rings (SSSR count). The second-order valence-corrected chi connectivity index (χ2v) is 5.06. The minimum Gasteiger partial charge on any atom is -0.491 e. The highest BCUT2D eigenvalue weighted by Gasteiger charge is 2.11. The van der Waals surface area contributed by atoms with Crippen LogP contribution >= 0.6 is 0 Å². The maximum Gasteiger partial charge on any atom is 0.153 e. The highest BCUT2D eigenvalue weighted by atomic mass is 19.1. The van der Waals surface area contributed by atoms with Crippen molar-refractivity contribution < 1.29 is 13.5 Å². The molecule has 3 aromatic rings. The molecule has 0 spiro atoms. The normalized spacial score (nSPS) is 11.3. The maximum atomic E-state index is 13.7. The van der Waals surface area contributed by atoms with Crippen molar-refractivity contribution in [3.63, 3.8) is 0 Å². The Morgan fingerprint density at radius 2 is 1.95 bits per heavy atom. The molecule has 1 heterocycles. The topological polar surface area (TPSA) is 37.9 Å². The molecule has 5 heteroatoms. The standard InChI is InChI=1S/C16H14F2N2O/c1-9(2)21-12-5-3-4-10(6-12)16-19-14-8-11(17)7-13(18)15(14)20-16/h3-9H,1-2H3,(H,19,20). The van der Waals surface area contributed by atoms with Crippen LogP contribution in [0.15, 0.2) is 36.4 Å². The fourth-order valence-corrected chi connectivity index (χ4v) is 2.17. The number of nitrogens with one attached hydrogen (secondary N) is 1. The molecule has 108 valence electrons. The first-order valence-electron chi connectivity index (χ1n) is 6.65. The Balaban J connectivity index is 2.06. The van der Waals surface area contributed by atoms with E-state index < -0.39 is 11.6 Å². The first kappa shape index (κ1) is 13.5. The SMILES string of the molecule is CC(C)Oc1cccc(-c2nc3c(F)cc(F)cc3[nH]2)c1. The van der Waals surface area contributed by atoms with E-state index in [9.17, 15) is 8.78 Å². The molecule has 0 bridgehead atoms. The zero-order valence-electron chi connectivity index (χ0n) is 11.7. The van der Waals surface area contributed by atoms with Crippen molar-refractivity contribution in [1.82, 2.24) is 9.97 Å². The van der Waals surface area contributed by atoms with E-state index in [1.807, 2.05) is 38.1 Å². The van der Waals surface area contributed by atoms with E-state index in [1.54, 1.807) is 0 Å². The Morgan fingerprint density at radius 3 is 2.71 bits per heavy atom. The second kappa shape index (κ2) is 5.16. The molecule has 0 unspecified atom stereocenters. The van der Waals surface area contributed by atoms with Crippen LogP contribution in [0.3, 0.4) is 0 Å². The van der Waals surface area contributed by atoms with Crippen LogP contribution < -0.4 is 4.74 Å². The van der Waals surface area contributed by atoms with Gasteiger partial charge in [-0.05, 0) is 32.0 Å². The number of imidazole rings is 1. The molecule has 0 radical (unpaired) electrons. The van der Waals surface area contributed by atoms with Gasteiger partial charge in [-0.15, -0.1) is 0 Å². The van der Waals surface area contributed by atoms with Gasteiger partial charge in [-0.25, -0.2) is 13.8 Å². The molecular weight excluding hydrogens is 274 g/mol. The Morgan fingerprint density at radius 1 is 1.14 bits per heavy atom. The number of hydrogen-bond acceptors (Lipinski definition) is 2. The lowest BCUT2D eigenvalue weighted by atomic mass is 10.2. The Labute approximate surface area is 120 Å². The van der Waals surface area contributed by atoms with Gasteiger partial charge >= 0.3 is 0 Å². The summed E-state index contributed by atoms with van der Waals surface area (Å²) in [6, 6.07) is 9.36. The van der Waals surface area contributed by atoms with Gasteiger partial charge in [0.05, 0.1) is 11.6 Å². The third-order valence-corrected chi connectivity index (χ3v) is 2.98. The van der Waals surface area contributed by atoms with Crippen LogP contribution in [0, 0.1) is 11.6 Å². The lowest BCUT2D eigenvalue weighted by Gasteiger charge is -2.10. The molecule has 0 atom stereocenters. The van der Waals surface area contributed by atoms with Crippen molar-refractivity contribution in [3.8, 4) is 17.1 Å². The largest absolute Gasteiger partial charge is 0.491 e. The number of aromatic amines is 1. The zero-order chi connectivity index (χ0) is 15.0. The molecular formula is C16H14F2N2O. The molecule has 0 aliphatic carbocycles. The van der Waals surface area contributed by atoms with E-state index in [1.165, 1.54) is 6.07 Å². The first-order valence-corrected chi connectivity index (χ1v) is 6.65. The van der Waals surface area contributed by atoms with Gasteiger partial charge in [-0.2, -0.15) is 0 Å². The average molecular weight is 288 g/mol. The number of hydrogen-bond donors (Lipinski definition) is 1. The third kappa shape index (κ3) is 2.72. The average Bonchev–Trinajstić information content (AvgIpc) is 2.82. The minimum absolute atomic E-state index is 0.0578. The Kier molecular flexibility index (Phi) is 3.33. The molecule has 0 saturated heterocycles. The van der Waals surface area contributed by atoms with E-state index in [0.717, 1.165) is 11.6 Å². The first-order chi connectivity index (χ1) is 10.0. The van der Waals surface area contributed by atoms with Crippen molar-refractivity contribution in [1.29, 1.82) is 0 Å². The van der Waals surface area contributed by atoms with Crippen molar-refractivity contribution in [2.24, 2.45) is 0 Å². The summed E-state index contributed by atoms with van der Waals surface area (Å²) < 4.78 is 32.5. The third-order valence-electron chi connectivity index (χ3n) is 2.98. The highest BCUT2D eigenvalue weighted by Crippen LogP contribution is 2.26. The van der Waals surface area contributed by atoms with Crippen molar-refractivity contribution in [3.05, 3.63) is 48.0 Å². The van der Waals surface area contributed by atoms with Gasteiger partial charge in [0.15, 0.2) is 5.82 Å². The van der Waals surface area contributed by atoms with Crippen LogP contribution in [0.25, 0.3) is 22.4 Å². The number of H-pyrrole nitrogens is 1. The number of nitrogens with zero attached hydrogens (tertiary/aromatic N) is 1. The molecule has 0 saturated carbocycles. The molecule has 0 fully saturated rings. The number of benzene rings is 2. The van der Waals surface area contributed by atoms with Crippen LogP contribution in [0.4, 0.5) is 8.78 Å². The van der Waals surface area contributed by atoms with Crippen LogP contribution in [0.2, 0.25) is 0 Å². The summed E-state index contributed by atoms with van der Waals surface area (Å²) in [6.07, 6.45) is 0.0578. The van der Waals surface area contributed by atoms with Crippen LogP contribution in [0.5, 0.6) is 5.75 Å². The number of halogens is 2. The molecule has 1 N–H and O–H groups in total. The van der Waals surface area contributed by atoms with Crippen molar-refractivity contribution in [2.45, 2.75) is 20.0 Å². The van der Waals surface area contributed by atoms with Crippen molar-refractivity contribution in [2.75, 3.05) is 0 Å². The molecule has 0 amide bonds. The summed E-state index contributed by atoms with van der Waals surface area (Å²) in [4.78, 5) is 7.12. The van der Waals surface area contributed by atoms with Gasteiger partial charge in [-0.3, -0.25) is 0 Å². The number of ether oxygens (including phenoxy) is 1. The second-order valence-electron chi connectivity index (χ2n) is 5.06. The Bertz CT molecular complexity index is 796. The lowest BCUT2D eigenvalue weighted by molar-refractivity contribution is 0.242. The smallest absolute Gasteiger partial charge is 0.153 e. The monoisotopic (exact) mass is 288 g/mol. The van der Waals surface area contributed by atoms with E-state index in [0.29, 0.717) is 17.1 Å². The fraction of sp³-hybridized carbons (Fsp3) is 0.188. The van der Waals surface area contributed by atoms with E-state index in [4.69, 9.17) is 4.74 Å². The van der Waals surface area contributed by atoms with E-state index >= 15 is 0 Å². The summed E-state index contributed by atoms with van der Waals surface area (Å²) in [5.41, 5.74) is 1.21. The minimum atomic E-state index is -0.679. The molecule has 1 aromatic heterocycles. The number of fused-ring (bicyclic) bond motifs is 1. The fourth-order valence-electron chi connectivity index (χ4n) is 2.17.